The fraction of sp³-hybridized carbons (Fsp3) is 0.714. The molecule has 2 bridgehead atoms. The van der Waals surface area contributed by atoms with E-state index >= 15 is 0 Å². The van der Waals surface area contributed by atoms with E-state index in [1.807, 2.05) is 0 Å². The smallest absolute Gasteiger partial charge is 0.0823 e. The largest absolute Gasteiger partial charge is 0.373 e. The predicted molar refractivity (Wildman–Crippen MR) is 63.6 cm³/mol. The highest BCUT2D eigenvalue weighted by atomic mass is 16.5. The number of hydrogen-bond acceptors (Lipinski definition) is 1. The molecular weight excluding hydrogens is 184 g/mol. The van der Waals surface area contributed by atoms with Crippen LogP contribution in [0.1, 0.15) is 27.7 Å². The summed E-state index contributed by atoms with van der Waals surface area (Å²) in [6, 6.07) is 0. The van der Waals surface area contributed by atoms with E-state index in [0.29, 0.717) is 17.9 Å². The van der Waals surface area contributed by atoms with Gasteiger partial charge in [0.1, 0.15) is 0 Å². The summed E-state index contributed by atoms with van der Waals surface area (Å²) in [4.78, 5) is 0. The lowest BCUT2D eigenvalue weighted by molar-refractivity contribution is -0.0687. The summed E-state index contributed by atoms with van der Waals surface area (Å²) in [5, 5.41) is 0. The molecule has 0 aromatic rings. The number of allylic oxidation sites excluding steroid dienone is 2. The Labute approximate surface area is 93.2 Å². The second-order valence-corrected chi connectivity index (χ2v) is 5.14. The van der Waals surface area contributed by atoms with Crippen LogP contribution in [0, 0.1) is 23.7 Å². The zero-order chi connectivity index (χ0) is 11.0. The molecule has 5 atom stereocenters. The SMILES string of the molecule is C/C=C/[C@@H]1OC[C@@H]2[C@H](C)[C@H]1C(C)=C[C@@H]2C. The van der Waals surface area contributed by atoms with Gasteiger partial charge in [0.2, 0.25) is 0 Å². The number of fused-ring (bicyclic) bond motifs is 2. The molecule has 1 heteroatoms. The van der Waals surface area contributed by atoms with Gasteiger partial charge in [-0.15, -0.1) is 0 Å². The minimum atomic E-state index is 0.310. The molecule has 1 saturated heterocycles. The Morgan fingerprint density at radius 2 is 2.13 bits per heavy atom. The number of hydrogen-bond donors (Lipinski definition) is 0. The van der Waals surface area contributed by atoms with E-state index in [4.69, 9.17) is 4.74 Å². The monoisotopic (exact) mass is 206 g/mol. The maximum Gasteiger partial charge on any atom is 0.0823 e. The van der Waals surface area contributed by atoms with E-state index in [2.05, 4.69) is 45.9 Å². The van der Waals surface area contributed by atoms with Crippen LogP contribution >= 0.6 is 0 Å². The highest BCUT2D eigenvalue weighted by Crippen LogP contribution is 2.44. The van der Waals surface area contributed by atoms with E-state index in [0.717, 1.165) is 18.4 Å². The van der Waals surface area contributed by atoms with E-state index in [-0.39, 0.29) is 0 Å². The first kappa shape index (κ1) is 10.9. The lowest BCUT2D eigenvalue weighted by atomic mass is 9.65. The highest BCUT2D eigenvalue weighted by Gasteiger charge is 2.42. The Morgan fingerprint density at radius 1 is 1.40 bits per heavy atom. The molecule has 0 amide bonds. The van der Waals surface area contributed by atoms with Crippen LogP contribution in [0.4, 0.5) is 0 Å². The molecule has 84 valence electrons. The van der Waals surface area contributed by atoms with Crippen molar-refractivity contribution in [3.8, 4) is 0 Å². The maximum absolute atomic E-state index is 5.97. The third kappa shape index (κ3) is 1.78. The van der Waals surface area contributed by atoms with Crippen molar-refractivity contribution in [3.05, 3.63) is 23.8 Å². The van der Waals surface area contributed by atoms with Gasteiger partial charge in [-0.2, -0.15) is 0 Å². The van der Waals surface area contributed by atoms with Gasteiger partial charge in [-0.3, -0.25) is 0 Å². The van der Waals surface area contributed by atoms with Gasteiger partial charge in [-0.25, -0.2) is 0 Å². The van der Waals surface area contributed by atoms with Crippen LogP contribution in [-0.4, -0.2) is 12.7 Å². The third-order valence-electron chi connectivity index (χ3n) is 4.19. The summed E-state index contributed by atoms with van der Waals surface area (Å²) >= 11 is 0. The maximum atomic E-state index is 5.97. The van der Waals surface area contributed by atoms with E-state index in [1.165, 1.54) is 5.57 Å². The molecule has 1 aliphatic carbocycles. The van der Waals surface area contributed by atoms with E-state index in [1.54, 1.807) is 0 Å². The molecular formula is C14H22O. The van der Waals surface area contributed by atoms with Gasteiger partial charge in [0.25, 0.3) is 0 Å². The highest BCUT2D eigenvalue weighted by molar-refractivity contribution is 5.19. The molecule has 0 N–H and O–H groups in total. The lowest BCUT2D eigenvalue weighted by Gasteiger charge is -2.46. The van der Waals surface area contributed by atoms with Crippen LogP contribution in [0.5, 0.6) is 0 Å². The molecule has 0 aromatic carbocycles. The van der Waals surface area contributed by atoms with Crippen LogP contribution in [0.3, 0.4) is 0 Å². The summed E-state index contributed by atoms with van der Waals surface area (Å²) in [7, 11) is 0. The molecule has 15 heavy (non-hydrogen) atoms. The van der Waals surface area contributed by atoms with E-state index in [9.17, 15) is 0 Å². The van der Waals surface area contributed by atoms with Gasteiger partial charge in [0.15, 0.2) is 0 Å². The first-order valence-corrected chi connectivity index (χ1v) is 6.08. The first-order chi connectivity index (χ1) is 7.15. The topological polar surface area (TPSA) is 9.23 Å². The predicted octanol–water partition coefficient (Wildman–Crippen LogP) is 3.43. The summed E-state index contributed by atoms with van der Waals surface area (Å²) in [5.41, 5.74) is 1.52. The van der Waals surface area contributed by atoms with Gasteiger partial charge >= 0.3 is 0 Å². The Hall–Kier alpha value is -0.560. The molecule has 0 unspecified atom stereocenters. The van der Waals surface area contributed by atoms with Crippen LogP contribution < -0.4 is 0 Å². The Kier molecular flexibility index (Phi) is 3.01. The number of rotatable bonds is 1. The van der Waals surface area contributed by atoms with Gasteiger partial charge in [0.05, 0.1) is 12.7 Å². The van der Waals surface area contributed by atoms with Crippen molar-refractivity contribution in [1.29, 1.82) is 0 Å². The van der Waals surface area contributed by atoms with Crippen LogP contribution in [-0.2, 0) is 4.74 Å². The lowest BCUT2D eigenvalue weighted by Crippen LogP contribution is -2.45. The molecule has 0 aromatic heterocycles. The fourth-order valence-electron chi connectivity index (χ4n) is 3.36. The molecule has 1 nitrogen and oxygen atoms in total. The summed E-state index contributed by atoms with van der Waals surface area (Å²) < 4.78 is 5.97. The van der Waals surface area contributed by atoms with Crippen molar-refractivity contribution >= 4 is 0 Å². The molecule has 2 aliphatic rings. The molecule has 0 radical (unpaired) electrons. The van der Waals surface area contributed by atoms with Crippen molar-refractivity contribution in [3.63, 3.8) is 0 Å². The minimum Gasteiger partial charge on any atom is -0.373 e. The van der Waals surface area contributed by atoms with Gasteiger partial charge in [-0.05, 0) is 31.6 Å². The van der Waals surface area contributed by atoms with Crippen molar-refractivity contribution in [1.82, 2.24) is 0 Å². The van der Waals surface area contributed by atoms with Gasteiger partial charge in [-0.1, -0.05) is 37.6 Å². The van der Waals surface area contributed by atoms with Gasteiger partial charge < -0.3 is 4.74 Å². The second-order valence-electron chi connectivity index (χ2n) is 5.14. The van der Waals surface area contributed by atoms with Crippen LogP contribution in [0.15, 0.2) is 23.8 Å². The van der Waals surface area contributed by atoms with Crippen molar-refractivity contribution in [2.75, 3.05) is 6.61 Å². The Bertz CT molecular complexity index is 290. The average Bonchev–Trinajstić information content (AvgIpc) is 2.15. The van der Waals surface area contributed by atoms with E-state index < -0.39 is 0 Å². The van der Waals surface area contributed by atoms with Crippen LogP contribution in [0.25, 0.3) is 0 Å². The average molecular weight is 206 g/mol. The summed E-state index contributed by atoms with van der Waals surface area (Å²) in [6.45, 7) is 9.98. The molecule has 1 fully saturated rings. The summed E-state index contributed by atoms with van der Waals surface area (Å²) in [6.07, 6.45) is 7.09. The number of ether oxygens (including phenoxy) is 1. The first-order valence-electron chi connectivity index (χ1n) is 6.08. The zero-order valence-electron chi connectivity index (χ0n) is 10.2. The van der Waals surface area contributed by atoms with Crippen molar-refractivity contribution in [2.45, 2.75) is 33.8 Å². The Morgan fingerprint density at radius 3 is 2.80 bits per heavy atom. The standard InChI is InChI=1S/C14H22O/c1-5-6-13-14-10(3)7-9(2)12(8-15-13)11(14)4/h5-7,9,11-14H,8H2,1-4H3/b6-5+/t9-,11-,12-,13-,14+/m0/s1. The zero-order valence-corrected chi connectivity index (χ0v) is 10.2. The molecule has 0 spiro atoms. The van der Waals surface area contributed by atoms with Gasteiger partial charge in [0, 0.05) is 5.92 Å². The quantitative estimate of drug-likeness (QED) is 0.597. The minimum absolute atomic E-state index is 0.310. The van der Waals surface area contributed by atoms with Crippen molar-refractivity contribution in [2.24, 2.45) is 23.7 Å². The molecule has 1 heterocycles. The summed E-state index contributed by atoms with van der Waals surface area (Å²) in [5.74, 6) is 2.78. The molecule has 0 saturated carbocycles. The molecule has 2 rings (SSSR count). The fourth-order valence-corrected chi connectivity index (χ4v) is 3.36. The Balaban J connectivity index is 2.29. The third-order valence-corrected chi connectivity index (χ3v) is 4.19. The van der Waals surface area contributed by atoms with Crippen LogP contribution in [0.2, 0.25) is 0 Å². The second kappa shape index (κ2) is 4.13. The van der Waals surface area contributed by atoms with Crippen molar-refractivity contribution < 1.29 is 4.74 Å². The normalized spacial score (nSPS) is 45.6. The molecule has 1 aliphatic heterocycles.